The van der Waals surface area contributed by atoms with Gasteiger partial charge >= 0.3 is 0 Å². The van der Waals surface area contributed by atoms with Crippen molar-refractivity contribution in [3.05, 3.63) is 0 Å². The molecule has 0 heterocycles. The van der Waals surface area contributed by atoms with Crippen LogP contribution in [0.1, 0.15) is 13.8 Å². The molecule has 1 unspecified atom stereocenters. The van der Waals surface area contributed by atoms with Crippen molar-refractivity contribution in [2.45, 2.75) is 19.7 Å². The molecule has 0 aliphatic rings. The molecule has 2 radical (unpaired) electrons. The fourth-order valence-electron chi connectivity index (χ4n) is 0.215. The second kappa shape index (κ2) is 3.08. The highest BCUT2D eigenvalue weighted by Gasteiger charge is 2.01. The number of hydrogen-bond donors (Lipinski definition) is 1. The van der Waals surface area contributed by atoms with Crippen LogP contribution in [0.3, 0.4) is 0 Å². The summed E-state index contributed by atoms with van der Waals surface area (Å²) in [6.45, 7) is 4.71. The second-order valence-electron chi connectivity index (χ2n) is 2.07. The second-order valence-corrected chi connectivity index (χ2v) is 2.07. The van der Waals surface area contributed by atoms with E-state index in [1.807, 2.05) is 13.8 Å². The first kappa shape index (κ1) is 7.02. The summed E-state index contributed by atoms with van der Waals surface area (Å²) < 4.78 is 0. The van der Waals surface area contributed by atoms with Crippen molar-refractivity contribution in [3.63, 3.8) is 0 Å². The fourth-order valence-corrected chi connectivity index (χ4v) is 0.215. The van der Waals surface area contributed by atoms with Gasteiger partial charge in [-0.3, -0.25) is 0 Å². The largest absolute Gasteiger partial charge is 0.330 e. The average molecular weight is 97.0 g/mol. The minimum atomic E-state index is 0.241. The van der Waals surface area contributed by atoms with Crippen LogP contribution in [0.5, 0.6) is 0 Å². The lowest BCUT2D eigenvalue weighted by atomic mass is 9.79. The third kappa shape index (κ3) is 2.69. The van der Waals surface area contributed by atoms with Crippen molar-refractivity contribution < 1.29 is 0 Å². The van der Waals surface area contributed by atoms with Gasteiger partial charge < -0.3 is 5.73 Å². The highest BCUT2D eigenvalue weighted by Crippen LogP contribution is 2.09. The van der Waals surface area contributed by atoms with E-state index in [1.165, 1.54) is 0 Å². The third-order valence-electron chi connectivity index (χ3n) is 1.27. The molecule has 7 heavy (non-hydrogen) atoms. The normalized spacial score (nSPS) is 18.7. The van der Waals surface area contributed by atoms with E-state index in [0.29, 0.717) is 12.5 Å². The van der Waals surface area contributed by atoms with Gasteiger partial charge in [-0.05, 0) is 12.5 Å². The van der Waals surface area contributed by atoms with Crippen LogP contribution in [0, 0.1) is 5.92 Å². The van der Waals surface area contributed by atoms with Crippen molar-refractivity contribution in [1.82, 2.24) is 0 Å². The Balaban J connectivity index is 3.14. The highest BCUT2D eigenvalue weighted by atomic mass is 14.5. The molecule has 0 aromatic rings. The fraction of sp³-hybridized carbons (Fsp3) is 1.00. The molecule has 0 aromatic heterocycles. The van der Waals surface area contributed by atoms with Crippen LogP contribution >= 0.6 is 0 Å². The monoisotopic (exact) mass is 97.1 g/mol. The van der Waals surface area contributed by atoms with Gasteiger partial charge in [-0.1, -0.05) is 19.7 Å². The predicted octanol–water partition coefficient (Wildman–Crippen LogP) is 0.558. The average Bonchev–Trinajstić information content (AvgIpc) is 1.65. The molecule has 0 aliphatic heterocycles. The van der Waals surface area contributed by atoms with Crippen molar-refractivity contribution in [3.8, 4) is 0 Å². The third-order valence-corrected chi connectivity index (χ3v) is 1.27. The minimum Gasteiger partial charge on any atom is -0.330 e. The molecule has 0 amide bonds. The van der Waals surface area contributed by atoms with Crippen molar-refractivity contribution in [2.75, 3.05) is 6.54 Å². The first-order valence-electron chi connectivity index (χ1n) is 2.64. The molecule has 0 aliphatic carbocycles. The molecule has 0 aromatic carbocycles. The molecule has 0 saturated heterocycles. The molecule has 0 bridgehead atoms. The summed E-state index contributed by atoms with van der Waals surface area (Å²) in [7, 11) is 5.47. The Hall–Kier alpha value is 0.0249. The van der Waals surface area contributed by atoms with Crippen molar-refractivity contribution in [2.24, 2.45) is 11.7 Å². The van der Waals surface area contributed by atoms with E-state index in [1.54, 1.807) is 0 Å². The quantitative estimate of drug-likeness (QED) is 0.500. The molecule has 0 saturated carbocycles. The Labute approximate surface area is 46.7 Å². The van der Waals surface area contributed by atoms with E-state index < -0.39 is 0 Å². The molecule has 2 atom stereocenters. The Kier molecular flexibility index (Phi) is 3.09. The molecule has 0 spiro atoms. The Morgan fingerprint density at radius 3 is 2.00 bits per heavy atom. The standard InChI is InChI=1S/C5H12BN/c1-4(3-7)5(2)6/h4-5H,3,7H2,1-2H3/t4-,5?/m1/s1. The number of nitrogens with two attached hydrogens (primary N) is 1. The van der Waals surface area contributed by atoms with Gasteiger partial charge in [0.1, 0.15) is 0 Å². The SMILES string of the molecule is [B]C(C)[C@H](C)CN. The number of rotatable bonds is 2. The molecule has 2 heteroatoms. The summed E-state index contributed by atoms with van der Waals surface area (Å²) in [5, 5.41) is 0. The molecule has 0 rings (SSSR count). The van der Waals surface area contributed by atoms with Crippen molar-refractivity contribution in [1.29, 1.82) is 0 Å². The molecular formula is C5H12BN. The molecule has 1 nitrogen and oxygen atoms in total. The first-order valence-corrected chi connectivity index (χ1v) is 2.64. The molecule has 0 fully saturated rings. The topological polar surface area (TPSA) is 26.0 Å². The summed E-state index contributed by atoms with van der Waals surface area (Å²) in [5.74, 6) is 0.699. The van der Waals surface area contributed by atoms with Gasteiger partial charge in [0.05, 0.1) is 7.85 Å². The first-order chi connectivity index (χ1) is 3.18. The lowest BCUT2D eigenvalue weighted by Crippen LogP contribution is -2.14. The maximum absolute atomic E-state index is 5.47. The highest BCUT2D eigenvalue weighted by molar-refractivity contribution is 6.11. The zero-order valence-electron chi connectivity index (χ0n) is 5.02. The Morgan fingerprint density at radius 1 is 1.57 bits per heavy atom. The van der Waals surface area contributed by atoms with Crippen LogP contribution < -0.4 is 5.73 Å². The summed E-state index contributed by atoms with van der Waals surface area (Å²) in [4.78, 5) is 0. The van der Waals surface area contributed by atoms with E-state index >= 15 is 0 Å². The van der Waals surface area contributed by atoms with Gasteiger partial charge in [0.15, 0.2) is 0 Å². The minimum absolute atomic E-state index is 0.241. The summed E-state index contributed by atoms with van der Waals surface area (Å²) in [6, 6.07) is 0. The van der Waals surface area contributed by atoms with E-state index in [-0.39, 0.29) is 5.82 Å². The maximum atomic E-state index is 5.47. The smallest absolute Gasteiger partial charge is 0.0700 e. The molecule has 40 valence electrons. The Bertz CT molecular complexity index is 45.3. The van der Waals surface area contributed by atoms with Gasteiger partial charge in [0.2, 0.25) is 0 Å². The summed E-state index contributed by atoms with van der Waals surface area (Å²) >= 11 is 0. The van der Waals surface area contributed by atoms with E-state index in [9.17, 15) is 0 Å². The van der Waals surface area contributed by atoms with Gasteiger partial charge in [-0.2, -0.15) is 0 Å². The zero-order chi connectivity index (χ0) is 5.86. The van der Waals surface area contributed by atoms with Crippen LogP contribution in [0.15, 0.2) is 0 Å². The van der Waals surface area contributed by atoms with E-state index in [2.05, 4.69) is 0 Å². The van der Waals surface area contributed by atoms with Gasteiger partial charge in [0.25, 0.3) is 0 Å². The van der Waals surface area contributed by atoms with Crippen LogP contribution in [-0.2, 0) is 0 Å². The number of hydrogen-bond acceptors (Lipinski definition) is 1. The zero-order valence-corrected chi connectivity index (χ0v) is 5.02. The summed E-state index contributed by atoms with van der Waals surface area (Å²) in [5.41, 5.74) is 5.29. The van der Waals surface area contributed by atoms with Gasteiger partial charge in [-0.25, -0.2) is 0 Å². The summed E-state index contributed by atoms with van der Waals surface area (Å²) in [6.07, 6.45) is 0. The molecular weight excluding hydrogens is 84.9 g/mol. The van der Waals surface area contributed by atoms with Crippen LogP contribution in [0.2, 0.25) is 5.82 Å². The van der Waals surface area contributed by atoms with Gasteiger partial charge in [-0.15, -0.1) is 0 Å². The van der Waals surface area contributed by atoms with Crippen LogP contribution in [0.4, 0.5) is 0 Å². The lowest BCUT2D eigenvalue weighted by Gasteiger charge is -2.10. The molecule has 2 N–H and O–H groups in total. The van der Waals surface area contributed by atoms with E-state index in [4.69, 9.17) is 13.6 Å². The van der Waals surface area contributed by atoms with Gasteiger partial charge in [0, 0.05) is 0 Å². The Morgan fingerprint density at radius 2 is 2.00 bits per heavy atom. The van der Waals surface area contributed by atoms with Crippen molar-refractivity contribution >= 4 is 7.85 Å². The van der Waals surface area contributed by atoms with Crippen LogP contribution in [0.25, 0.3) is 0 Å². The predicted molar refractivity (Wildman–Crippen MR) is 33.4 cm³/mol. The van der Waals surface area contributed by atoms with Crippen LogP contribution in [-0.4, -0.2) is 14.4 Å². The van der Waals surface area contributed by atoms with E-state index in [0.717, 1.165) is 0 Å². The maximum Gasteiger partial charge on any atom is 0.0700 e. The lowest BCUT2D eigenvalue weighted by molar-refractivity contribution is 0.575.